The molecule has 1 saturated heterocycles. The highest BCUT2D eigenvalue weighted by Gasteiger charge is 2.53. The highest BCUT2D eigenvalue weighted by molar-refractivity contribution is 5.38. The SMILES string of the molecule is COc1cccc(C23CCCCC2(O)CNCC3)c1. The zero-order valence-electron chi connectivity index (χ0n) is 11.6. The molecule has 104 valence electrons. The van der Waals surface area contributed by atoms with Crippen molar-refractivity contribution < 1.29 is 9.84 Å². The number of rotatable bonds is 2. The Morgan fingerprint density at radius 2 is 2.05 bits per heavy atom. The first-order chi connectivity index (χ1) is 9.20. The Bertz CT molecular complexity index is 446. The van der Waals surface area contributed by atoms with E-state index in [0.29, 0.717) is 6.54 Å². The van der Waals surface area contributed by atoms with Gasteiger partial charge in [-0.05, 0) is 43.5 Å². The van der Waals surface area contributed by atoms with E-state index in [-0.39, 0.29) is 5.41 Å². The maximum Gasteiger partial charge on any atom is 0.119 e. The molecule has 3 nitrogen and oxygen atoms in total. The van der Waals surface area contributed by atoms with Crippen LogP contribution in [0.5, 0.6) is 5.75 Å². The van der Waals surface area contributed by atoms with Crippen molar-refractivity contribution in [3.8, 4) is 5.75 Å². The minimum absolute atomic E-state index is 0.0922. The van der Waals surface area contributed by atoms with Gasteiger partial charge in [0.1, 0.15) is 5.75 Å². The average Bonchev–Trinajstić information content (AvgIpc) is 2.46. The van der Waals surface area contributed by atoms with Crippen LogP contribution in [0.15, 0.2) is 24.3 Å². The van der Waals surface area contributed by atoms with E-state index in [0.717, 1.165) is 38.0 Å². The molecule has 1 aromatic carbocycles. The summed E-state index contributed by atoms with van der Waals surface area (Å²) in [5, 5.41) is 14.5. The third kappa shape index (κ3) is 1.96. The molecule has 0 spiro atoms. The molecule has 2 unspecified atom stereocenters. The molecule has 1 saturated carbocycles. The van der Waals surface area contributed by atoms with Gasteiger partial charge in [-0.2, -0.15) is 0 Å². The fourth-order valence-electron chi connectivity index (χ4n) is 4.01. The third-order valence-electron chi connectivity index (χ3n) is 5.10. The van der Waals surface area contributed by atoms with E-state index < -0.39 is 5.60 Å². The van der Waals surface area contributed by atoms with Crippen molar-refractivity contribution in [3.05, 3.63) is 29.8 Å². The Morgan fingerprint density at radius 3 is 2.89 bits per heavy atom. The van der Waals surface area contributed by atoms with Crippen LogP contribution in [0, 0.1) is 0 Å². The molecule has 2 N–H and O–H groups in total. The molecule has 0 bridgehead atoms. The van der Waals surface area contributed by atoms with Gasteiger partial charge < -0.3 is 15.2 Å². The topological polar surface area (TPSA) is 41.5 Å². The molecule has 1 aliphatic carbocycles. The first-order valence-corrected chi connectivity index (χ1v) is 7.28. The molecule has 0 radical (unpaired) electrons. The number of piperidine rings is 1. The van der Waals surface area contributed by atoms with Gasteiger partial charge >= 0.3 is 0 Å². The van der Waals surface area contributed by atoms with Gasteiger partial charge in [-0.3, -0.25) is 0 Å². The van der Waals surface area contributed by atoms with Crippen molar-refractivity contribution in [2.24, 2.45) is 0 Å². The summed E-state index contributed by atoms with van der Waals surface area (Å²) in [6.07, 6.45) is 5.33. The van der Waals surface area contributed by atoms with Crippen molar-refractivity contribution in [1.29, 1.82) is 0 Å². The molecular weight excluding hydrogens is 238 g/mol. The van der Waals surface area contributed by atoms with Gasteiger partial charge in [-0.15, -0.1) is 0 Å². The van der Waals surface area contributed by atoms with Gasteiger partial charge in [0, 0.05) is 12.0 Å². The van der Waals surface area contributed by atoms with Crippen molar-refractivity contribution >= 4 is 0 Å². The quantitative estimate of drug-likeness (QED) is 0.858. The number of hydrogen-bond donors (Lipinski definition) is 2. The number of β-amino-alcohol motifs (C(OH)–C–C–N with tert-alkyl or cyclic N) is 1. The van der Waals surface area contributed by atoms with Crippen LogP contribution in [0.2, 0.25) is 0 Å². The third-order valence-corrected chi connectivity index (χ3v) is 5.10. The lowest BCUT2D eigenvalue weighted by Gasteiger charge is -2.54. The van der Waals surface area contributed by atoms with Gasteiger partial charge in [0.05, 0.1) is 12.7 Å². The summed E-state index contributed by atoms with van der Waals surface area (Å²) in [5.74, 6) is 0.887. The molecule has 2 fully saturated rings. The monoisotopic (exact) mass is 261 g/mol. The molecule has 3 heteroatoms. The highest BCUT2D eigenvalue weighted by atomic mass is 16.5. The van der Waals surface area contributed by atoms with E-state index in [2.05, 4.69) is 17.4 Å². The molecule has 3 rings (SSSR count). The molecule has 2 atom stereocenters. The largest absolute Gasteiger partial charge is 0.497 e. The fourth-order valence-corrected chi connectivity index (χ4v) is 4.01. The fraction of sp³-hybridized carbons (Fsp3) is 0.625. The first-order valence-electron chi connectivity index (χ1n) is 7.28. The maximum absolute atomic E-state index is 11.2. The van der Waals surface area contributed by atoms with E-state index in [9.17, 15) is 5.11 Å². The lowest BCUT2D eigenvalue weighted by atomic mass is 9.56. The summed E-state index contributed by atoms with van der Waals surface area (Å²) in [7, 11) is 1.70. The van der Waals surface area contributed by atoms with Crippen molar-refractivity contribution in [3.63, 3.8) is 0 Å². The van der Waals surface area contributed by atoms with Crippen LogP contribution >= 0.6 is 0 Å². The van der Waals surface area contributed by atoms with Gasteiger partial charge in [0.2, 0.25) is 0 Å². The van der Waals surface area contributed by atoms with Crippen LogP contribution in [-0.2, 0) is 5.41 Å². The van der Waals surface area contributed by atoms with Gasteiger partial charge in [-0.25, -0.2) is 0 Å². The minimum Gasteiger partial charge on any atom is -0.497 e. The Morgan fingerprint density at radius 1 is 1.21 bits per heavy atom. The summed E-state index contributed by atoms with van der Waals surface area (Å²) in [6.45, 7) is 1.70. The summed E-state index contributed by atoms with van der Waals surface area (Å²) >= 11 is 0. The van der Waals surface area contributed by atoms with Gasteiger partial charge in [-0.1, -0.05) is 25.0 Å². The van der Waals surface area contributed by atoms with Crippen molar-refractivity contribution in [2.45, 2.75) is 43.1 Å². The standard InChI is InChI=1S/C16H23NO2/c1-19-14-6-4-5-13(11-14)15-7-2-3-8-16(15,18)12-17-10-9-15/h4-6,11,17-18H,2-3,7-10,12H2,1H3. The summed E-state index contributed by atoms with van der Waals surface area (Å²) in [6, 6.07) is 8.29. The normalized spacial score (nSPS) is 34.6. The summed E-state index contributed by atoms with van der Waals surface area (Å²) < 4.78 is 5.36. The number of nitrogens with one attached hydrogen (secondary N) is 1. The van der Waals surface area contributed by atoms with E-state index >= 15 is 0 Å². The van der Waals surface area contributed by atoms with Crippen molar-refractivity contribution in [2.75, 3.05) is 20.2 Å². The van der Waals surface area contributed by atoms with Crippen LogP contribution in [0.4, 0.5) is 0 Å². The number of hydrogen-bond acceptors (Lipinski definition) is 3. The van der Waals surface area contributed by atoms with Crippen LogP contribution < -0.4 is 10.1 Å². The van der Waals surface area contributed by atoms with Crippen molar-refractivity contribution in [1.82, 2.24) is 5.32 Å². The molecule has 2 aliphatic rings. The number of methoxy groups -OCH3 is 1. The second-order valence-electron chi connectivity index (χ2n) is 5.98. The Labute approximate surface area is 115 Å². The summed E-state index contributed by atoms with van der Waals surface area (Å²) in [4.78, 5) is 0. The van der Waals surface area contributed by atoms with Gasteiger partial charge in [0.25, 0.3) is 0 Å². The average molecular weight is 261 g/mol. The Balaban J connectivity index is 2.06. The smallest absolute Gasteiger partial charge is 0.119 e. The first kappa shape index (κ1) is 12.9. The van der Waals surface area contributed by atoms with Crippen LogP contribution in [0.25, 0.3) is 0 Å². The Kier molecular flexibility index (Phi) is 3.27. The predicted molar refractivity (Wildman–Crippen MR) is 75.6 cm³/mol. The molecular formula is C16H23NO2. The number of fused-ring (bicyclic) bond motifs is 1. The zero-order chi connectivity index (χ0) is 13.3. The number of ether oxygens (including phenoxy) is 1. The second-order valence-corrected chi connectivity index (χ2v) is 5.98. The van der Waals surface area contributed by atoms with Gasteiger partial charge in [0.15, 0.2) is 0 Å². The van der Waals surface area contributed by atoms with E-state index in [1.54, 1.807) is 7.11 Å². The summed E-state index contributed by atoms with van der Waals surface area (Å²) in [5.41, 5.74) is 0.552. The molecule has 0 amide bonds. The molecule has 1 aliphatic heterocycles. The van der Waals surface area contributed by atoms with E-state index in [1.165, 1.54) is 12.0 Å². The van der Waals surface area contributed by atoms with E-state index in [4.69, 9.17) is 4.74 Å². The number of aliphatic hydroxyl groups is 1. The number of benzene rings is 1. The lowest BCUT2D eigenvalue weighted by Crippen LogP contribution is -2.63. The van der Waals surface area contributed by atoms with Crippen LogP contribution in [0.1, 0.15) is 37.7 Å². The maximum atomic E-state index is 11.2. The lowest BCUT2D eigenvalue weighted by molar-refractivity contribution is -0.0867. The van der Waals surface area contributed by atoms with Crippen LogP contribution in [0.3, 0.4) is 0 Å². The molecule has 1 aromatic rings. The van der Waals surface area contributed by atoms with Crippen LogP contribution in [-0.4, -0.2) is 30.9 Å². The second kappa shape index (κ2) is 4.80. The zero-order valence-corrected chi connectivity index (χ0v) is 11.6. The minimum atomic E-state index is -0.601. The molecule has 1 heterocycles. The molecule has 19 heavy (non-hydrogen) atoms. The van der Waals surface area contributed by atoms with E-state index in [1.807, 2.05) is 12.1 Å². The predicted octanol–water partition coefficient (Wildman–Crippen LogP) is 2.23. The highest BCUT2D eigenvalue weighted by Crippen LogP contribution is 2.50. The Hall–Kier alpha value is -1.06. The molecule has 0 aromatic heterocycles.